The Labute approximate surface area is 107 Å². The first-order valence-corrected chi connectivity index (χ1v) is 5.73. The molecule has 0 heterocycles. The van der Waals surface area contributed by atoms with E-state index in [1.165, 1.54) is 0 Å². The smallest absolute Gasteiger partial charge is 0.241 e. The number of ether oxygens (including phenoxy) is 1. The van der Waals surface area contributed by atoms with E-state index in [1.54, 1.807) is 31.4 Å². The van der Waals surface area contributed by atoms with Crippen molar-refractivity contribution in [3.05, 3.63) is 29.8 Å². The summed E-state index contributed by atoms with van der Waals surface area (Å²) >= 11 is 0. The molecule has 1 aromatic rings. The lowest BCUT2D eigenvalue weighted by molar-refractivity contribution is -0.117. The second-order valence-corrected chi connectivity index (χ2v) is 3.92. The normalized spacial score (nSPS) is 11.6. The standard InChI is InChI=1S/C13H17N3O2/c1-18-8-2-3-12(15)13(17)16-11-6-4-10(9-14)5-7-11/h4-7,12H,2-3,8,15H2,1H3,(H,16,17). The van der Waals surface area contributed by atoms with Crippen molar-refractivity contribution in [2.24, 2.45) is 5.73 Å². The van der Waals surface area contributed by atoms with Crippen molar-refractivity contribution in [3.8, 4) is 6.07 Å². The number of nitrogens with one attached hydrogen (secondary N) is 1. The van der Waals surface area contributed by atoms with E-state index in [9.17, 15) is 4.79 Å². The molecule has 0 aliphatic rings. The van der Waals surface area contributed by atoms with Gasteiger partial charge in [0.1, 0.15) is 0 Å². The Morgan fingerprint density at radius 3 is 2.72 bits per heavy atom. The molecular weight excluding hydrogens is 230 g/mol. The van der Waals surface area contributed by atoms with Crippen molar-refractivity contribution in [1.82, 2.24) is 0 Å². The highest BCUT2D eigenvalue weighted by Gasteiger charge is 2.12. The molecule has 0 saturated heterocycles. The van der Waals surface area contributed by atoms with Gasteiger partial charge < -0.3 is 15.8 Å². The van der Waals surface area contributed by atoms with Gasteiger partial charge in [-0.1, -0.05) is 0 Å². The maximum atomic E-state index is 11.7. The van der Waals surface area contributed by atoms with Crippen molar-refractivity contribution < 1.29 is 9.53 Å². The third kappa shape index (κ3) is 4.53. The van der Waals surface area contributed by atoms with Crippen LogP contribution in [0.4, 0.5) is 5.69 Å². The lowest BCUT2D eigenvalue weighted by Crippen LogP contribution is -2.35. The van der Waals surface area contributed by atoms with Gasteiger partial charge >= 0.3 is 0 Å². The number of nitriles is 1. The van der Waals surface area contributed by atoms with Crippen molar-refractivity contribution in [2.45, 2.75) is 18.9 Å². The van der Waals surface area contributed by atoms with Crippen LogP contribution in [0.1, 0.15) is 18.4 Å². The lowest BCUT2D eigenvalue weighted by Gasteiger charge is -2.11. The molecule has 1 amide bonds. The molecule has 5 nitrogen and oxygen atoms in total. The number of carbonyl (C=O) groups is 1. The summed E-state index contributed by atoms with van der Waals surface area (Å²) in [4.78, 5) is 11.7. The third-order valence-corrected chi connectivity index (χ3v) is 2.48. The Kier molecular flexibility index (Phi) is 5.85. The molecular formula is C13H17N3O2. The topological polar surface area (TPSA) is 88.1 Å². The minimum atomic E-state index is -0.546. The molecule has 0 saturated carbocycles. The third-order valence-electron chi connectivity index (χ3n) is 2.48. The van der Waals surface area contributed by atoms with Crippen LogP contribution in [0, 0.1) is 11.3 Å². The summed E-state index contributed by atoms with van der Waals surface area (Å²) in [6.07, 6.45) is 1.33. The van der Waals surface area contributed by atoms with Gasteiger partial charge in [0, 0.05) is 19.4 Å². The van der Waals surface area contributed by atoms with Gasteiger partial charge in [-0.3, -0.25) is 4.79 Å². The fourth-order valence-corrected chi connectivity index (χ4v) is 1.44. The maximum Gasteiger partial charge on any atom is 0.241 e. The molecule has 18 heavy (non-hydrogen) atoms. The zero-order valence-electron chi connectivity index (χ0n) is 10.3. The highest BCUT2D eigenvalue weighted by Crippen LogP contribution is 2.09. The van der Waals surface area contributed by atoms with Crippen molar-refractivity contribution in [3.63, 3.8) is 0 Å². The Bertz CT molecular complexity index is 423. The molecule has 1 atom stereocenters. The summed E-state index contributed by atoms with van der Waals surface area (Å²) in [5.74, 6) is -0.226. The predicted octanol–water partition coefficient (Wildman–Crippen LogP) is 1.25. The summed E-state index contributed by atoms with van der Waals surface area (Å²) in [5.41, 5.74) is 6.94. The summed E-state index contributed by atoms with van der Waals surface area (Å²) in [6, 6.07) is 8.12. The zero-order valence-corrected chi connectivity index (χ0v) is 10.3. The number of methoxy groups -OCH3 is 1. The fraction of sp³-hybridized carbons (Fsp3) is 0.385. The van der Waals surface area contributed by atoms with E-state index in [-0.39, 0.29) is 5.91 Å². The highest BCUT2D eigenvalue weighted by atomic mass is 16.5. The summed E-state index contributed by atoms with van der Waals surface area (Å²) in [5, 5.41) is 11.4. The molecule has 0 aliphatic carbocycles. The van der Waals surface area contributed by atoms with Crippen LogP contribution in [0.25, 0.3) is 0 Å². The molecule has 0 bridgehead atoms. The van der Waals surface area contributed by atoms with Gasteiger partial charge in [-0.05, 0) is 37.1 Å². The molecule has 1 aromatic carbocycles. The summed E-state index contributed by atoms with van der Waals surface area (Å²) in [7, 11) is 1.61. The van der Waals surface area contributed by atoms with Crippen LogP contribution < -0.4 is 11.1 Å². The number of nitrogens with two attached hydrogens (primary N) is 1. The Morgan fingerprint density at radius 2 is 2.17 bits per heavy atom. The van der Waals surface area contributed by atoms with Crippen LogP contribution in [-0.2, 0) is 9.53 Å². The molecule has 0 spiro atoms. The van der Waals surface area contributed by atoms with E-state index in [0.29, 0.717) is 24.3 Å². The lowest BCUT2D eigenvalue weighted by atomic mass is 10.1. The SMILES string of the molecule is COCCCC(N)C(=O)Nc1ccc(C#N)cc1. The number of anilines is 1. The first-order chi connectivity index (χ1) is 8.67. The Hall–Kier alpha value is -1.90. The number of carbonyl (C=O) groups excluding carboxylic acids is 1. The number of benzene rings is 1. The predicted molar refractivity (Wildman–Crippen MR) is 68.9 cm³/mol. The fourth-order valence-electron chi connectivity index (χ4n) is 1.44. The van der Waals surface area contributed by atoms with Gasteiger partial charge in [0.25, 0.3) is 0 Å². The van der Waals surface area contributed by atoms with Crippen LogP contribution in [0.5, 0.6) is 0 Å². The van der Waals surface area contributed by atoms with E-state index in [0.717, 1.165) is 6.42 Å². The van der Waals surface area contributed by atoms with Crippen LogP contribution in [0.3, 0.4) is 0 Å². The molecule has 5 heteroatoms. The van der Waals surface area contributed by atoms with Crippen LogP contribution in [0.2, 0.25) is 0 Å². The molecule has 3 N–H and O–H groups in total. The van der Waals surface area contributed by atoms with E-state index >= 15 is 0 Å². The van der Waals surface area contributed by atoms with Crippen molar-refractivity contribution in [1.29, 1.82) is 5.26 Å². The number of hydrogen-bond donors (Lipinski definition) is 2. The highest BCUT2D eigenvalue weighted by molar-refractivity contribution is 5.94. The molecule has 0 aliphatic heterocycles. The first kappa shape index (κ1) is 14.2. The second-order valence-electron chi connectivity index (χ2n) is 3.92. The average molecular weight is 247 g/mol. The number of hydrogen-bond acceptors (Lipinski definition) is 4. The van der Waals surface area contributed by atoms with E-state index in [1.807, 2.05) is 6.07 Å². The van der Waals surface area contributed by atoms with E-state index in [4.69, 9.17) is 15.7 Å². The number of nitrogens with zero attached hydrogens (tertiary/aromatic N) is 1. The van der Waals surface area contributed by atoms with Gasteiger partial charge in [-0.15, -0.1) is 0 Å². The minimum Gasteiger partial charge on any atom is -0.385 e. The van der Waals surface area contributed by atoms with Crippen molar-refractivity contribution in [2.75, 3.05) is 19.0 Å². The first-order valence-electron chi connectivity index (χ1n) is 5.73. The molecule has 0 fully saturated rings. The maximum absolute atomic E-state index is 11.7. The average Bonchev–Trinajstić information content (AvgIpc) is 2.39. The Morgan fingerprint density at radius 1 is 1.50 bits per heavy atom. The van der Waals surface area contributed by atoms with Gasteiger partial charge in [0.05, 0.1) is 17.7 Å². The van der Waals surface area contributed by atoms with Crippen LogP contribution in [0.15, 0.2) is 24.3 Å². The number of rotatable bonds is 6. The van der Waals surface area contributed by atoms with Gasteiger partial charge in [0.2, 0.25) is 5.91 Å². The van der Waals surface area contributed by atoms with Crippen LogP contribution >= 0.6 is 0 Å². The Balaban J connectivity index is 2.45. The van der Waals surface area contributed by atoms with Gasteiger partial charge in [-0.2, -0.15) is 5.26 Å². The van der Waals surface area contributed by atoms with E-state index < -0.39 is 6.04 Å². The monoisotopic (exact) mass is 247 g/mol. The second kappa shape index (κ2) is 7.43. The molecule has 96 valence electrons. The molecule has 1 unspecified atom stereocenters. The zero-order chi connectivity index (χ0) is 13.4. The van der Waals surface area contributed by atoms with E-state index in [2.05, 4.69) is 5.32 Å². The molecule has 0 aromatic heterocycles. The van der Waals surface area contributed by atoms with Crippen molar-refractivity contribution >= 4 is 11.6 Å². The number of amides is 1. The van der Waals surface area contributed by atoms with Crippen LogP contribution in [-0.4, -0.2) is 25.7 Å². The summed E-state index contributed by atoms with van der Waals surface area (Å²) < 4.78 is 4.90. The summed E-state index contributed by atoms with van der Waals surface area (Å²) in [6.45, 7) is 0.595. The molecule has 0 radical (unpaired) electrons. The quantitative estimate of drug-likeness (QED) is 0.740. The molecule has 1 rings (SSSR count). The van der Waals surface area contributed by atoms with Gasteiger partial charge in [-0.25, -0.2) is 0 Å². The largest absolute Gasteiger partial charge is 0.385 e. The van der Waals surface area contributed by atoms with Gasteiger partial charge in [0.15, 0.2) is 0 Å². The minimum absolute atomic E-state index is 0.226.